The zero-order valence-electron chi connectivity index (χ0n) is 12.0. The molecule has 1 atom stereocenters. The fraction of sp³-hybridized carbons (Fsp3) is 0.857. The number of carboxylic acid groups (broad SMARTS) is 1. The molecule has 2 aliphatic rings. The van der Waals surface area contributed by atoms with E-state index in [1.807, 2.05) is 6.92 Å². The Kier molecular flexibility index (Phi) is 4.52. The number of likely N-dealkylation sites (tertiary alicyclic amines) is 1. The number of carbonyl (C=O) groups is 2. The molecule has 1 unspecified atom stereocenters. The average molecular weight is 284 g/mol. The lowest BCUT2D eigenvalue weighted by Crippen LogP contribution is -2.46. The van der Waals surface area contributed by atoms with Gasteiger partial charge in [-0.25, -0.2) is 4.79 Å². The SMILES string of the molecule is CC1(O)CCCN(C(=O)N(CCC(=O)O)C2CC2)CC1. The van der Waals surface area contributed by atoms with Crippen LogP contribution < -0.4 is 0 Å². The molecule has 0 aromatic carbocycles. The minimum atomic E-state index is -0.873. The van der Waals surface area contributed by atoms with Crippen LogP contribution in [0.3, 0.4) is 0 Å². The topological polar surface area (TPSA) is 81.1 Å². The third kappa shape index (κ3) is 4.10. The molecule has 2 amide bonds. The maximum Gasteiger partial charge on any atom is 0.320 e. The van der Waals surface area contributed by atoms with Crippen molar-refractivity contribution >= 4 is 12.0 Å². The lowest BCUT2D eigenvalue weighted by Gasteiger charge is -2.30. The molecule has 0 bridgehead atoms. The first-order valence-electron chi connectivity index (χ1n) is 7.39. The number of amides is 2. The van der Waals surface area contributed by atoms with Crippen LogP contribution in [0.5, 0.6) is 0 Å². The molecule has 0 aromatic heterocycles. The Morgan fingerprint density at radius 2 is 2.00 bits per heavy atom. The summed E-state index contributed by atoms with van der Waals surface area (Å²) >= 11 is 0. The van der Waals surface area contributed by atoms with Crippen molar-refractivity contribution in [3.8, 4) is 0 Å². The van der Waals surface area contributed by atoms with Gasteiger partial charge in [-0.05, 0) is 39.0 Å². The van der Waals surface area contributed by atoms with E-state index in [-0.39, 0.29) is 25.0 Å². The van der Waals surface area contributed by atoms with Gasteiger partial charge in [0.2, 0.25) is 0 Å². The van der Waals surface area contributed by atoms with Crippen LogP contribution in [0.1, 0.15) is 45.4 Å². The molecule has 1 aliphatic heterocycles. The van der Waals surface area contributed by atoms with Crippen LogP contribution in [0.15, 0.2) is 0 Å². The molecular weight excluding hydrogens is 260 g/mol. The molecule has 2 fully saturated rings. The minimum absolute atomic E-state index is 0.00616. The van der Waals surface area contributed by atoms with Crippen molar-refractivity contribution < 1.29 is 19.8 Å². The highest BCUT2D eigenvalue weighted by atomic mass is 16.4. The highest BCUT2D eigenvalue weighted by Gasteiger charge is 2.36. The Bertz CT molecular complexity index is 379. The molecule has 2 N–H and O–H groups in total. The molecule has 1 aliphatic carbocycles. The van der Waals surface area contributed by atoms with Crippen LogP contribution in [0.2, 0.25) is 0 Å². The molecule has 1 heterocycles. The van der Waals surface area contributed by atoms with Crippen molar-refractivity contribution in [3.05, 3.63) is 0 Å². The summed E-state index contributed by atoms with van der Waals surface area (Å²) in [6.07, 6.45) is 4.00. The Morgan fingerprint density at radius 1 is 1.30 bits per heavy atom. The number of urea groups is 1. The Morgan fingerprint density at radius 3 is 2.60 bits per heavy atom. The summed E-state index contributed by atoms with van der Waals surface area (Å²) in [4.78, 5) is 26.7. The van der Waals surface area contributed by atoms with Crippen LogP contribution in [-0.2, 0) is 4.79 Å². The number of hydrogen-bond donors (Lipinski definition) is 2. The second-order valence-electron chi connectivity index (χ2n) is 6.19. The normalized spacial score (nSPS) is 27.0. The number of hydrogen-bond acceptors (Lipinski definition) is 3. The first-order chi connectivity index (χ1) is 9.39. The van der Waals surface area contributed by atoms with E-state index in [1.165, 1.54) is 0 Å². The number of aliphatic carboxylic acids is 1. The van der Waals surface area contributed by atoms with Crippen LogP contribution in [0.25, 0.3) is 0 Å². The highest BCUT2D eigenvalue weighted by Crippen LogP contribution is 2.29. The van der Waals surface area contributed by atoms with E-state index in [0.717, 1.165) is 19.3 Å². The van der Waals surface area contributed by atoms with Crippen molar-refractivity contribution in [3.63, 3.8) is 0 Å². The minimum Gasteiger partial charge on any atom is -0.481 e. The van der Waals surface area contributed by atoms with E-state index in [0.29, 0.717) is 25.9 Å². The molecule has 6 heteroatoms. The van der Waals surface area contributed by atoms with Crippen molar-refractivity contribution in [2.75, 3.05) is 19.6 Å². The third-order valence-electron chi connectivity index (χ3n) is 4.13. The zero-order chi connectivity index (χ0) is 14.8. The summed E-state index contributed by atoms with van der Waals surface area (Å²) in [6.45, 7) is 3.28. The van der Waals surface area contributed by atoms with Gasteiger partial charge in [0.15, 0.2) is 0 Å². The Balaban J connectivity index is 1.94. The van der Waals surface area contributed by atoms with E-state index in [9.17, 15) is 14.7 Å². The first-order valence-corrected chi connectivity index (χ1v) is 7.39. The van der Waals surface area contributed by atoms with Crippen LogP contribution in [0, 0.1) is 0 Å². The monoisotopic (exact) mass is 284 g/mol. The van der Waals surface area contributed by atoms with E-state index in [1.54, 1.807) is 9.80 Å². The van der Waals surface area contributed by atoms with Crippen molar-refractivity contribution in [1.29, 1.82) is 0 Å². The lowest BCUT2D eigenvalue weighted by molar-refractivity contribution is -0.137. The van der Waals surface area contributed by atoms with Gasteiger partial charge in [-0.1, -0.05) is 0 Å². The first kappa shape index (κ1) is 15.1. The van der Waals surface area contributed by atoms with E-state index < -0.39 is 11.6 Å². The molecule has 0 aromatic rings. The van der Waals surface area contributed by atoms with Gasteiger partial charge in [0.1, 0.15) is 0 Å². The summed E-state index contributed by atoms with van der Waals surface area (Å²) < 4.78 is 0. The quantitative estimate of drug-likeness (QED) is 0.815. The van der Waals surface area contributed by atoms with Crippen molar-refractivity contribution in [2.24, 2.45) is 0 Å². The van der Waals surface area contributed by atoms with Gasteiger partial charge < -0.3 is 20.0 Å². The van der Waals surface area contributed by atoms with E-state index in [4.69, 9.17) is 5.11 Å². The van der Waals surface area contributed by atoms with Crippen LogP contribution >= 0.6 is 0 Å². The second kappa shape index (κ2) is 5.99. The number of carboxylic acids is 1. The third-order valence-corrected chi connectivity index (χ3v) is 4.13. The second-order valence-corrected chi connectivity index (χ2v) is 6.19. The van der Waals surface area contributed by atoms with Gasteiger partial charge in [-0.3, -0.25) is 4.79 Å². The molecule has 20 heavy (non-hydrogen) atoms. The van der Waals surface area contributed by atoms with Gasteiger partial charge in [-0.2, -0.15) is 0 Å². The Hall–Kier alpha value is -1.30. The largest absolute Gasteiger partial charge is 0.481 e. The molecule has 6 nitrogen and oxygen atoms in total. The van der Waals surface area contributed by atoms with Gasteiger partial charge in [0.05, 0.1) is 12.0 Å². The summed E-state index contributed by atoms with van der Waals surface area (Å²) in [5, 5.41) is 18.8. The van der Waals surface area contributed by atoms with Crippen LogP contribution in [0.4, 0.5) is 4.79 Å². The van der Waals surface area contributed by atoms with E-state index >= 15 is 0 Å². The number of carbonyl (C=O) groups excluding carboxylic acids is 1. The number of rotatable bonds is 4. The standard InChI is InChI=1S/C14H24N2O4/c1-14(20)6-2-8-15(10-7-14)13(19)16(11-3-4-11)9-5-12(17)18/h11,20H,2-10H2,1H3,(H,17,18). The predicted octanol–water partition coefficient (Wildman–Crippen LogP) is 1.28. The maximum atomic E-state index is 12.5. The number of aliphatic hydroxyl groups is 1. The fourth-order valence-electron chi connectivity index (χ4n) is 2.67. The van der Waals surface area contributed by atoms with Crippen molar-refractivity contribution in [1.82, 2.24) is 9.80 Å². The van der Waals surface area contributed by atoms with Crippen LogP contribution in [-0.4, -0.2) is 63.3 Å². The highest BCUT2D eigenvalue weighted by molar-refractivity contribution is 5.76. The molecular formula is C14H24N2O4. The molecule has 1 saturated carbocycles. The van der Waals surface area contributed by atoms with Gasteiger partial charge in [-0.15, -0.1) is 0 Å². The molecule has 0 spiro atoms. The van der Waals surface area contributed by atoms with Gasteiger partial charge >= 0.3 is 12.0 Å². The summed E-state index contributed by atoms with van der Waals surface area (Å²) in [5.41, 5.74) is -0.694. The average Bonchev–Trinajstić information content (AvgIpc) is 3.17. The van der Waals surface area contributed by atoms with Gasteiger partial charge in [0.25, 0.3) is 0 Å². The molecule has 1 saturated heterocycles. The molecule has 114 valence electrons. The Labute approximate surface area is 119 Å². The lowest BCUT2D eigenvalue weighted by atomic mass is 9.98. The summed E-state index contributed by atoms with van der Waals surface area (Å²) in [7, 11) is 0. The summed E-state index contributed by atoms with van der Waals surface area (Å²) in [5.74, 6) is -0.873. The summed E-state index contributed by atoms with van der Waals surface area (Å²) in [6, 6.07) is 0.150. The van der Waals surface area contributed by atoms with Crippen molar-refractivity contribution in [2.45, 2.75) is 57.1 Å². The van der Waals surface area contributed by atoms with Gasteiger partial charge in [0, 0.05) is 25.7 Å². The number of nitrogens with zero attached hydrogens (tertiary/aromatic N) is 2. The molecule has 2 rings (SSSR count). The molecule has 0 radical (unpaired) electrons. The zero-order valence-corrected chi connectivity index (χ0v) is 12.0. The smallest absolute Gasteiger partial charge is 0.320 e. The fourth-order valence-corrected chi connectivity index (χ4v) is 2.67. The van der Waals surface area contributed by atoms with E-state index in [2.05, 4.69) is 0 Å². The maximum absolute atomic E-state index is 12.5. The predicted molar refractivity (Wildman–Crippen MR) is 73.4 cm³/mol.